The van der Waals surface area contributed by atoms with E-state index in [2.05, 4.69) is 10.6 Å². The van der Waals surface area contributed by atoms with Crippen molar-refractivity contribution >= 4 is 5.91 Å². The van der Waals surface area contributed by atoms with Gasteiger partial charge in [-0.25, -0.2) is 0 Å². The highest BCUT2D eigenvalue weighted by Crippen LogP contribution is 2.32. The summed E-state index contributed by atoms with van der Waals surface area (Å²) in [4.78, 5) is 11.7. The molecular weight excluding hydrogens is 214 g/mol. The third kappa shape index (κ3) is 3.96. The fraction of sp³-hybridized carbons (Fsp3) is 0.923. The topological polar surface area (TPSA) is 67.1 Å². The van der Waals surface area contributed by atoms with Crippen molar-refractivity contribution < 1.29 is 4.79 Å². The first kappa shape index (κ1) is 12.8. The molecule has 2 aliphatic rings. The first-order valence-electron chi connectivity index (χ1n) is 7.00. The number of carbonyl (C=O) groups is 1. The SMILES string of the molecule is NCCCCNC(=O)CC1CC2CCC(C1)N2. The quantitative estimate of drug-likeness (QED) is 0.600. The van der Waals surface area contributed by atoms with E-state index in [0.29, 0.717) is 24.5 Å². The van der Waals surface area contributed by atoms with Gasteiger partial charge < -0.3 is 16.4 Å². The highest BCUT2D eigenvalue weighted by molar-refractivity contribution is 5.76. The molecule has 0 radical (unpaired) electrons. The number of unbranched alkanes of at least 4 members (excludes halogenated alkanes) is 1. The first-order chi connectivity index (χ1) is 8.28. The maximum atomic E-state index is 11.7. The average Bonchev–Trinajstić information content (AvgIpc) is 2.64. The Kier molecular flexibility index (Phi) is 4.80. The van der Waals surface area contributed by atoms with Gasteiger partial charge in [0.1, 0.15) is 0 Å². The van der Waals surface area contributed by atoms with Gasteiger partial charge in [0.25, 0.3) is 0 Å². The lowest BCUT2D eigenvalue weighted by molar-refractivity contribution is -0.122. The molecule has 4 heteroatoms. The molecule has 0 aromatic heterocycles. The van der Waals surface area contributed by atoms with Crippen LogP contribution < -0.4 is 16.4 Å². The maximum Gasteiger partial charge on any atom is 0.220 e. The van der Waals surface area contributed by atoms with E-state index in [9.17, 15) is 4.79 Å². The van der Waals surface area contributed by atoms with Gasteiger partial charge >= 0.3 is 0 Å². The smallest absolute Gasteiger partial charge is 0.220 e. The van der Waals surface area contributed by atoms with E-state index in [1.54, 1.807) is 0 Å². The van der Waals surface area contributed by atoms with E-state index in [1.165, 1.54) is 25.7 Å². The summed E-state index contributed by atoms with van der Waals surface area (Å²) in [5.74, 6) is 0.830. The molecule has 1 amide bonds. The van der Waals surface area contributed by atoms with Crippen molar-refractivity contribution in [1.29, 1.82) is 0 Å². The molecule has 0 saturated carbocycles. The normalized spacial score (nSPS) is 31.5. The molecule has 2 heterocycles. The van der Waals surface area contributed by atoms with E-state index in [-0.39, 0.29) is 5.91 Å². The van der Waals surface area contributed by atoms with Crippen molar-refractivity contribution in [3.05, 3.63) is 0 Å². The number of hydrogen-bond acceptors (Lipinski definition) is 3. The van der Waals surface area contributed by atoms with Gasteiger partial charge in [0, 0.05) is 25.0 Å². The molecule has 2 bridgehead atoms. The zero-order chi connectivity index (χ0) is 12.1. The fourth-order valence-electron chi connectivity index (χ4n) is 3.17. The van der Waals surface area contributed by atoms with Crippen LogP contribution in [-0.2, 0) is 4.79 Å². The van der Waals surface area contributed by atoms with Gasteiger partial charge in [-0.3, -0.25) is 4.79 Å². The van der Waals surface area contributed by atoms with Crippen LogP contribution in [-0.4, -0.2) is 31.1 Å². The average molecular weight is 239 g/mol. The number of rotatable bonds is 6. The Hall–Kier alpha value is -0.610. The van der Waals surface area contributed by atoms with Crippen LogP contribution in [0.3, 0.4) is 0 Å². The third-order valence-corrected chi connectivity index (χ3v) is 4.00. The Morgan fingerprint density at radius 1 is 1.24 bits per heavy atom. The molecule has 0 aromatic carbocycles. The summed E-state index contributed by atoms with van der Waals surface area (Å²) in [6, 6.07) is 1.37. The van der Waals surface area contributed by atoms with Gasteiger partial charge in [0.2, 0.25) is 5.91 Å². The molecule has 0 aromatic rings. The number of fused-ring (bicyclic) bond motifs is 2. The molecule has 2 unspecified atom stereocenters. The summed E-state index contributed by atoms with van der Waals surface area (Å²) < 4.78 is 0. The van der Waals surface area contributed by atoms with Crippen LogP contribution in [0.5, 0.6) is 0 Å². The molecule has 2 saturated heterocycles. The zero-order valence-electron chi connectivity index (χ0n) is 10.6. The summed E-state index contributed by atoms with van der Waals surface area (Å²) in [7, 11) is 0. The number of amides is 1. The van der Waals surface area contributed by atoms with Crippen LogP contribution in [0.25, 0.3) is 0 Å². The van der Waals surface area contributed by atoms with Crippen LogP contribution in [0.15, 0.2) is 0 Å². The second kappa shape index (κ2) is 6.36. The van der Waals surface area contributed by atoms with Crippen molar-refractivity contribution in [1.82, 2.24) is 10.6 Å². The first-order valence-corrected chi connectivity index (χ1v) is 7.00. The number of nitrogens with two attached hydrogens (primary N) is 1. The van der Waals surface area contributed by atoms with Gasteiger partial charge in [-0.05, 0) is 51.0 Å². The molecule has 4 N–H and O–H groups in total. The molecule has 0 spiro atoms. The number of hydrogen-bond donors (Lipinski definition) is 3. The summed E-state index contributed by atoms with van der Waals surface area (Å²) >= 11 is 0. The van der Waals surface area contributed by atoms with Crippen LogP contribution in [0, 0.1) is 5.92 Å². The molecule has 2 aliphatic heterocycles. The van der Waals surface area contributed by atoms with Crippen molar-refractivity contribution in [3.8, 4) is 0 Å². The Bertz CT molecular complexity index is 245. The van der Waals surface area contributed by atoms with Gasteiger partial charge in [-0.2, -0.15) is 0 Å². The third-order valence-electron chi connectivity index (χ3n) is 4.00. The molecular formula is C13H25N3O. The van der Waals surface area contributed by atoms with Crippen molar-refractivity contribution in [2.75, 3.05) is 13.1 Å². The minimum absolute atomic E-state index is 0.230. The lowest BCUT2D eigenvalue weighted by Gasteiger charge is -2.28. The standard InChI is InChI=1S/C13H25N3O/c14-5-1-2-6-15-13(17)9-10-7-11-3-4-12(8-10)16-11/h10-12,16H,1-9,14H2,(H,15,17). The summed E-state index contributed by atoms with van der Waals surface area (Å²) in [6.45, 7) is 1.50. The van der Waals surface area contributed by atoms with Crippen LogP contribution in [0.4, 0.5) is 0 Å². The Labute approximate surface area is 104 Å². The Balaban J connectivity index is 1.61. The Morgan fingerprint density at radius 3 is 2.59 bits per heavy atom. The summed E-state index contributed by atoms with van der Waals surface area (Å²) in [6.07, 6.45) is 7.70. The number of nitrogens with one attached hydrogen (secondary N) is 2. The number of carbonyl (C=O) groups excluding carboxylic acids is 1. The zero-order valence-corrected chi connectivity index (χ0v) is 10.6. The van der Waals surface area contributed by atoms with E-state index in [0.717, 1.165) is 25.8 Å². The monoisotopic (exact) mass is 239 g/mol. The maximum absolute atomic E-state index is 11.7. The minimum atomic E-state index is 0.230. The van der Waals surface area contributed by atoms with Crippen molar-refractivity contribution in [2.45, 2.75) is 57.0 Å². The predicted molar refractivity (Wildman–Crippen MR) is 68.6 cm³/mol. The minimum Gasteiger partial charge on any atom is -0.356 e. The highest BCUT2D eigenvalue weighted by Gasteiger charge is 2.33. The molecule has 4 nitrogen and oxygen atoms in total. The Morgan fingerprint density at radius 2 is 1.94 bits per heavy atom. The molecule has 17 heavy (non-hydrogen) atoms. The van der Waals surface area contributed by atoms with Crippen LogP contribution in [0.2, 0.25) is 0 Å². The van der Waals surface area contributed by atoms with E-state index in [1.807, 2.05) is 0 Å². The van der Waals surface area contributed by atoms with Crippen LogP contribution in [0.1, 0.15) is 44.9 Å². The molecule has 2 atom stereocenters. The highest BCUT2D eigenvalue weighted by atomic mass is 16.1. The molecule has 2 rings (SSSR count). The van der Waals surface area contributed by atoms with Crippen molar-refractivity contribution in [2.24, 2.45) is 11.7 Å². The second-order valence-electron chi connectivity index (χ2n) is 5.53. The van der Waals surface area contributed by atoms with E-state index in [4.69, 9.17) is 5.73 Å². The fourth-order valence-corrected chi connectivity index (χ4v) is 3.17. The van der Waals surface area contributed by atoms with Crippen LogP contribution >= 0.6 is 0 Å². The number of piperidine rings is 1. The summed E-state index contributed by atoms with van der Waals surface area (Å²) in [5.41, 5.74) is 5.41. The van der Waals surface area contributed by atoms with Gasteiger partial charge in [-0.1, -0.05) is 0 Å². The van der Waals surface area contributed by atoms with Crippen molar-refractivity contribution in [3.63, 3.8) is 0 Å². The largest absolute Gasteiger partial charge is 0.356 e. The lowest BCUT2D eigenvalue weighted by Crippen LogP contribution is -2.39. The lowest BCUT2D eigenvalue weighted by atomic mass is 9.89. The van der Waals surface area contributed by atoms with Gasteiger partial charge in [0.15, 0.2) is 0 Å². The second-order valence-corrected chi connectivity index (χ2v) is 5.53. The predicted octanol–water partition coefficient (Wildman–Crippen LogP) is 0.762. The summed E-state index contributed by atoms with van der Waals surface area (Å²) in [5, 5.41) is 6.61. The molecule has 2 fully saturated rings. The van der Waals surface area contributed by atoms with Gasteiger partial charge in [-0.15, -0.1) is 0 Å². The van der Waals surface area contributed by atoms with E-state index >= 15 is 0 Å². The molecule has 0 aliphatic carbocycles. The van der Waals surface area contributed by atoms with Gasteiger partial charge in [0.05, 0.1) is 0 Å². The van der Waals surface area contributed by atoms with E-state index < -0.39 is 0 Å². The molecule has 98 valence electrons.